The second-order valence-electron chi connectivity index (χ2n) is 14.7. The molecule has 3 heterocycles. The summed E-state index contributed by atoms with van der Waals surface area (Å²) in [4.78, 5) is 5.28. The first kappa shape index (κ1) is 30.9. The molecule has 0 amide bonds. The standard InChI is InChI=1S/C53H33N3/c1-4-18-34(19-5-1)44-32-37(33-45(54-44)35-20-6-2-7-21-35)56-47-31-17-15-29-43(47)50-51-48(39-25-11-13-27-41(39)53(50)56)38-24-10-12-26-40(38)52-49(51)42-28-14-16-30-46(42)55(52)36-22-8-3-9-23-36/h1-33H. The van der Waals surface area contributed by atoms with Crippen LogP contribution in [0, 0.1) is 0 Å². The first-order chi connectivity index (χ1) is 27.8. The smallest absolute Gasteiger partial charge is 0.0730 e. The summed E-state index contributed by atoms with van der Waals surface area (Å²) in [5.74, 6) is 0. The zero-order valence-electron chi connectivity index (χ0n) is 30.4. The molecule has 0 aliphatic rings. The summed E-state index contributed by atoms with van der Waals surface area (Å²) in [7, 11) is 0. The summed E-state index contributed by atoms with van der Waals surface area (Å²) >= 11 is 0. The van der Waals surface area contributed by atoms with E-state index < -0.39 is 0 Å². The molecule has 0 saturated carbocycles. The Morgan fingerprint density at radius 3 is 1.14 bits per heavy atom. The molecule has 0 atom stereocenters. The minimum absolute atomic E-state index is 0.942. The van der Waals surface area contributed by atoms with Gasteiger partial charge < -0.3 is 9.13 Å². The van der Waals surface area contributed by atoms with Crippen molar-refractivity contribution < 1.29 is 0 Å². The Morgan fingerprint density at radius 2 is 0.661 bits per heavy atom. The lowest BCUT2D eigenvalue weighted by atomic mass is 9.89. The lowest BCUT2D eigenvalue weighted by molar-refractivity contribution is 1.16. The third-order valence-corrected chi connectivity index (χ3v) is 11.6. The van der Waals surface area contributed by atoms with Crippen LogP contribution in [0.25, 0.3) is 110 Å². The van der Waals surface area contributed by atoms with Gasteiger partial charge in [-0.15, -0.1) is 0 Å². The number of nitrogens with zero attached hydrogens (tertiary/aromatic N) is 3. The number of pyridine rings is 1. The maximum atomic E-state index is 5.28. The third-order valence-electron chi connectivity index (χ3n) is 11.6. The summed E-state index contributed by atoms with van der Waals surface area (Å²) in [6, 6.07) is 72.4. The molecule has 0 spiro atoms. The van der Waals surface area contributed by atoms with Gasteiger partial charge in [0.2, 0.25) is 0 Å². The van der Waals surface area contributed by atoms with Crippen molar-refractivity contribution in [2.45, 2.75) is 0 Å². The van der Waals surface area contributed by atoms with Gasteiger partial charge in [0, 0.05) is 54.5 Å². The van der Waals surface area contributed by atoms with E-state index in [9.17, 15) is 0 Å². The first-order valence-corrected chi connectivity index (χ1v) is 19.2. The van der Waals surface area contributed by atoms with E-state index in [1.165, 1.54) is 70.4 Å². The van der Waals surface area contributed by atoms with E-state index in [0.717, 1.165) is 39.4 Å². The summed E-state index contributed by atoms with van der Waals surface area (Å²) in [6.07, 6.45) is 0. The van der Waals surface area contributed by atoms with Crippen LogP contribution in [0.1, 0.15) is 0 Å². The summed E-state index contributed by atoms with van der Waals surface area (Å²) < 4.78 is 4.98. The van der Waals surface area contributed by atoms with Crippen molar-refractivity contribution in [3.05, 3.63) is 200 Å². The van der Waals surface area contributed by atoms with Crippen molar-refractivity contribution in [2.24, 2.45) is 0 Å². The van der Waals surface area contributed by atoms with E-state index in [4.69, 9.17) is 4.98 Å². The highest BCUT2D eigenvalue weighted by Gasteiger charge is 2.26. The summed E-state index contributed by atoms with van der Waals surface area (Å²) in [5, 5.41) is 12.6. The van der Waals surface area contributed by atoms with Gasteiger partial charge in [-0.2, -0.15) is 0 Å². The maximum absolute atomic E-state index is 5.28. The number of aromatic nitrogens is 3. The third kappa shape index (κ3) is 4.37. The van der Waals surface area contributed by atoms with Crippen LogP contribution in [-0.2, 0) is 0 Å². The number of fused-ring (bicyclic) bond motifs is 15. The molecule has 0 aliphatic heterocycles. The van der Waals surface area contributed by atoms with E-state index in [-0.39, 0.29) is 0 Å². The number of rotatable bonds is 4. The SMILES string of the molecule is c1ccc(-c2cc(-n3c4ccccc4c4c5c(c6ccccc6c6c5c5ccccc5n6-c5ccccc5)c5ccccc5c43)cc(-c3ccccc3)n2)cc1. The van der Waals surface area contributed by atoms with Gasteiger partial charge in [0.05, 0.1) is 39.1 Å². The van der Waals surface area contributed by atoms with Gasteiger partial charge in [0.1, 0.15) is 0 Å². The Morgan fingerprint density at radius 1 is 0.286 bits per heavy atom. The molecule has 0 unspecified atom stereocenters. The van der Waals surface area contributed by atoms with Crippen LogP contribution < -0.4 is 0 Å². The van der Waals surface area contributed by atoms with Crippen LogP contribution in [0.3, 0.4) is 0 Å². The highest BCUT2D eigenvalue weighted by molar-refractivity contribution is 6.45. The molecule has 0 saturated heterocycles. The highest BCUT2D eigenvalue weighted by Crippen LogP contribution is 2.50. The van der Waals surface area contributed by atoms with Crippen LogP contribution >= 0.6 is 0 Å². The predicted octanol–water partition coefficient (Wildman–Crippen LogP) is 14.1. The Kier molecular flexibility index (Phi) is 6.63. The molecule has 0 bridgehead atoms. The Labute approximate surface area is 322 Å². The molecule has 0 N–H and O–H groups in total. The van der Waals surface area contributed by atoms with Crippen LogP contribution in [0.2, 0.25) is 0 Å². The molecule has 0 radical (unpaired) electrons. The minimum atomic E-state index is 0.942. The molecular formula is C53H33N3. The van der Waals surface area contributed by atoms with E-state index in [2.05, 4.69) is 209 Å². The van der Waals surface area contributed by atoms with Crippen molar-refractivity contribution in [3.8, 4) is 33.9 Å². The number of para-hydroxylation sites is 3. The van der Waals surface area contributed by atoms with Crippen LogP contribution in [0.15, 0.2) is 200 Å². The topological polar surface area (TPSA) is 22.8 Å². The minimum Gasteiger partial charge on any atom is -0.309 e. The average Bonchev–Trinajstić information content (AvgIpc) is 3.81. The lowest BCUT2D eigenvalue weighted by Crippen LogP contribution is -1.99. The Hall–Kier alpha value is -7.49. The van der Waals surface area contributed by atoms with Crippen LogP contribution in [0.4, 0.5) is 0 Å². The van der Waals surface area contributed by atoms with Crippen LogP contribution in [0.5, 0.6) is 0 Å². The van der Waals surface area contributed by atoms with Gasteiger partial charge in [-0.1, -0.05) is 164 Å². The summed E-state index contributed by atoms with van der Waals surface area (Å²) in [5.41, 5.74) is 11.1. The lowest BCUT2D eigenvalue weighted by Gasteiger charge is -2.17. The van der Waals surface area contributed by atoms with Crippen molar-refractivity contribution in [2.75, 3.05) is 0 Å². The van der Waals surface area contributed by atoms with Crippen molar-refractivity contribution in [1.82, 2.24) is 14.1 Å². The van der Waals surface area contributed by atoms with E-state index in [1.807, 2.05) is 0 Å². The van der Waals surface area contributed by atoms with Crippen LogP contribution in [-0.4, -0.2) is 14.1 Å². The quantitative estimate of drug-likeness (QED) is 0.167. The molecule has 3 aromatic heterocycles. The molecule has 0 fully saturated rings. The molecule has 56 heavy (non-hydrogen) atoms. The fraction of sp³-hybridized carbons (Fsp3) is 0. The average molecular weight is 712 g/mol. The van der Waals surface area contributed by atoms with Crippen molar-refractivity contribution in [1.29, 1.82) is 0 Å². The maximum Gasteiger partial charge on any atom is 0.0730 e. The van der Waals surface area contributed by atoms with E-state index >= 15 is 0 Å². The van der Waals surface area contributed by atoms with E-state index in [0.29, 0.717) is 0 Å². The Bertz CT molecular complexity index is 3450. The van der Waals surface area contributed by atoms with Gasteiger partial charge >= 0.3 is 0 Å². The number of hydrogen-bond donors (Lipinski definition) is 0. The van der Waals surface area contributed by atoms with Gasteiger partial charge in [0.15, 0.2) is 0 Å². The molecule has 9 aromatic carbocycles. The highest BCUT2D eigenvalue weighted by atomic mass is 15.0. The monoisotopic (exact) mass is 711 g/mol. The molecule has 0 aliphatic carbocycles. The first-order valence-electron chi connectivity index (χ1n) is 19.2. The van der Waals surface area contributed by atoms with Gasteiger partial charge in [0.25, 0.3) is 0 Å². The normalized spacial score (nSPS) is 11.9. The second-order valence-corrected chi connectivity index (χ2v) is 14.7. The van der Waals surface area contributed by atoms with Gasteiger partial charge in [-0.3, -0.25) is 0 Å². The van der Waals surface area contributed by atoms with Crippen molar-refractivity contribution in [3.63, 3.8) is 0 Å². The van der Waals surface area contributed by atoms with Gasteiger partial charge in [-0.05, 0) is 52.6 Å². The van der Waals surface area contributed by atoms with Crippen molar-refractivity contribution >= 4 is 75.9 Å². The molecule has 260 valence electrons. The molecule has 3 nitrogen and oxygen atoms in total. The fourth-order valence-electron chi connectivity index (χ4n) is 9.37. The van der Waals surface area contributed by atoms with E-state index in [1.54, 1.807) is 0 Å². The predicted molar refractivity (Wildman–Crippen MR) is 236 cm³/mol. The molecule has 12 aromatic rings. The second kappa shape index (κ2) is 12.0. The summed E-state index contributed by atoms with van der Waals surface area (Å²) in [6.45, 7) is 0. The van der Waals surface area contributed by atoms with Gasteiger partial charge in [-0.25, -0.2) is 4.98 Å². The Balaban J connectivity index is 1.35. The zero-order chi connectivity index (χ0) is 36.7. The molecule has 3 heteroatoms. The molecular weight excluding hydrogens is 679 g/mol. The number of benzene rings is 9. The molecule has 12 rings (SSSR count). The zero-order valence-corrected chi connectivity index (χ0v) is 30.4. The fourth-order valence-corrected chi connectivity index (χ4v) is 9.37. The number of hydrogen-bond acceptors (Lipinski definition) is 1. The largest absolute Gasteiger partial charge is 0.309 e.